The Kier molecular flexibility index (Phi) is 8.52. The summed E-state index contributed by atoms with van der Waals surface area (Å²) in [5, 5.41) is 10.7. The molecule has 1 aliphatic rings. The number of hydrogen-bond donors (Lipinski definition) is 1. The van der Waals surface area contributed by atoms with Crippen molar-refractivity contribution < 1.29 is 24.2 Å². The second kappa shape index (κ2) is 11.8. The van der Waals surface area contributed by atoms with Crippen molar-refractivity contribution in [2.75, 3.05) is 19.7 Å². The fraction of sp³-hybridized carbons (Fsp3) is 0.375. The number of benzene rings is 3. The van der Waals surface area contributed by atoms with Gasteiger partial charge < -0.3 is 19.5 Å². The van der Waals surface area contributed by atoms with Crippen molar-refractivity contribution in [1.82, 2.24) is 4.90 Å². The van der Waals surface area contributed by atoms with E-state index in [1.807, 2.05) is 99.6 Å². The number of amides is 1. The molecular weight excluding hydrogens is 478 g/mol. The van der Waals surface area contributed by atoms with Crippen LogP contribution in [0.4, 0.5) is 4.79 Å². The van der Waals surface area contributed by atoms with E-state index in [1.54, 1.807) is 4.90 Å². The van der Waals surface area contributed by atoms with Gasteiger partial charge in [0.2, 0.25) is 0 Å². The molecule has 0 radical (unpaired) electrons. The first-order valence-electron chi connectivity index (χ1n) is 13.1. The van der Waals surface area contributed by atoms with Crippen LogP contribution in [-0.2, 0) is 27.3 Å². The highest BCUT2D eigenvalue weighted by Crippen LogP contribution is 2.40. The predicted molar refractivity (Wildman–Crippen MR) is 148 cm³/mol. The Bertz CT molecular complexity index is 1220. The zero-order valence-corrected chi connectivity index (χ0v) is 22.4. The minimum Gasteiger partial charge on any atom is -0.481 e. The number of carbonyl (C=O) groups is 2. The molecule has 4 rings (SSSR count). The fourth-order valence-corrected chi connectivity index (χ4v) is 5.11. The maximum atomic E-state index is 13.1. The zero-order chi connectivity index (χ0) is 27.2. The normalized spacial score (nSPS) is 17.1. The molecule has 1 N–H and O–H groups in total. The van der Waals surface area contributed by atoms with E-state index in [2.05, 4.69) is 6.07 Å². The van der Waals surface area contributed by atoms with Crippen LogP contribution >= 0.6 is 0 Å². The number of ether oxygens (including phenoxy) is 2. The number of likely N-dealkylation sites (tertiary alicyclic amines) is 1. The molecule has 3 aromatic rings. The summed E-state index contributed by atoms with van der Waals surface area (Å²) in [6.07, 6.45) is 0.457. The molecule has 2 atom stereocenters. The van der Waals surface area contributed by atoms with Gasteiger partial charge in [0.1, 0.15) is 5.60 Å². The second-order valence-corrected chi connectivity index (χ2v) is 11.1. The van der Waals surface area contributed by atoms with Crippen LogP contribution in [0, 0.1) is 11.3 Å². The van der Waals surface area contributed by atoms with Gasteiger partial charge in [0.15, 0.2) is 0 Å². The first kappa shape index (κ1) is 27.4. The number of hydrogen-bond acceptors (Lipinski definition) is 4. The van der Waals surface area contributed by atoms with Gasteiger partial charge in [0.05, 0.1) is 18.6 Å². The molecule has 1 heterocycles. The van der Waals surface area contributed by atoms with Gasteiger partial charge >= 0.3 is 12.1 Å². The SMILES string of the molecule is CC(C)(C)OC(=O)N1CC[C@H]([C@@](COCc2ccccc2)(Cc2cccc(-c3ccccc3)c2)C(=O)O)C1. The molecule has 38 heavy (non-hydrogen) atoms. The Labute approximate surface area is 225 Å². The quantitative estimate of drug-likeness (QED) is 0.355. The molecule has 1 fully saturated rings. The fourth-order valence-electron chi connectivity index (χ4n) is 5.11. The van der Waals surface area contributed by atoms with E-state index in [1.165, 1.54) is 0 Å². The Balaban J connectivity index is 1.61. The molecular formula is C32H37NO5. The molecule has 6 heteroatoms. The summed E-state index contributed by atoms with van der Waals surface area (Å²) >= 11 is 0. The van der Waals surface area contributed by atoms with E-state index in [0.717, 1.165) is 22.3 Å². The molecule has 0 bridgehead atoms. The van der Waals surface area contributed by atoms with E-state index < -0.39 is 23.1 Å². The van der Waals surface area contributed by atoms with Crippen LogP contribution < -0.4 is 0 Å². The summed E-state index contributed by atoms with van der Waals surface area (Å²) in [6.45, 7) is 6.62. The van der Waals surface area contributed by atoms with Gasteiger partial charge in [-0.25, -0.2) is 4.79 Å². The lowest BCUT2D eigenvalue weighted by molar-refractivity contribution is -0.158. The van der Waals surface area contributed by atoms with Crippen molar-refractivity contribution in [3.8, 4) is 11.1 Å². The first-order valence-corrected chi connectivity index (χ1v) is 13.1. The first-order chi connectivity index (χ1) is 18.2. The average molecular weight is 516 g/mol. The van der Waals surface area contributed by atoms with Gasteiger partial charge in [0.25, 0.3) is 0 Å². The number of nitrogens with zero attached hydrogens (tertiary/aromatic N) is 1. The van der Waals surface area contributed by atoms with Crippen molar-refractivity contribution in [1.29, 1.82) is 0 Å². The molecule has 1 saturated heterocycles. The Morgan fingerprint density at radius 1 is 0.895 bits per heavy atom. The summed E-state index contributed by atoms with van der Waals surface area (Å²) in [5.74, 6) is -1.20. The van der Waals surface area contributed by atoms with Gasteiger partial charge in [-0.05, 0) is 61.8 Å². The van der Waals surface area contributed by atoms with Crippen molar-refractivity contribution in [3.05, 3.63) is 96.1 Å². The van der Waals surface area contributed by atoms with Gasteiger partial charge in [-0.3, -0.25) is 4.79 Å². The molecule has 200 valence electrons. The monoisotopic (exact) mass is 515 g/mol. The van der Waals surface area contributed by atoms with Crippen LogP contribution in [0.25, 0.3) is 11.1 Å². The summed E-state index contributed by atoms with van der Waals surface area (Å²) in [5.41, 5.74) is 2.20. The Morgan fingerprint density at radius 3 is 2.18 bits per heavy atom. The second-order valence-electron chi connectivity index (χ2n) is 11.1. The topological polar surface area (TPSA) is 76.1 Å². The van der Waals surface area contributed by atoms with Crippen LogP contribution in [0.5, 0.6) is 0 Å². The van der Waals surface area contributed by atoms with Crippen LogP contribution in [0.15, 0.2) is 84.9 Å². The van der Waals surface area contributed by atoms with Crippen molar-refractivity contribution in [2.45, 2.75) is 45.8 Å². The Morgan fingerprint density at radius 2 is 1.53 bits per heavy atom. The standard InChI is InChI=1S/C32H37NO5/c1-31(2,3)38-30(36)33-18-17-28(21-33)32(29(34)35,23-37-22-24-11-6-4-7-12-24)20-25-13-10-16-27(19-25)26-14-8-5-9-15-26/h4-16,19,28H,17-18,20-23H2,1-3H3,(H,34,35)/t28-,32-/m0/s1. The summed E-state index contributed by atoms with van der Waals surface area (Å²) in [4.78, 5) is 27.5. The largest absolute Gasteiger partial charge is 0.481 e. The molecule has 0 spiro atoms. The molecule has 6 nitrogen and oxygen atoms in total. The van der Waals surface area contributed by atoms with Crippen molar-refractivity contribution in [2.24, 2.45) is 11.3 Å². The van der Waals surface area contributed by atoms with Gasteiger partial charge in [-0.2, -0.15) is 0 Å². The third-order valence-corrected chi connectivity index (χ3v) is 7.07. The number of carbonyl (C=O) groups excluding carboxylic acids is 1. The van der Waals surface area contributed by atoms with E-state index in [0.29, 0.717) is 32.5 Å². The predicted octanol–water partition coefficient (Wildman–Crippen LogP) is 6.44. The highest BCUT2D eigenvalue weighted by atomic mass is 16.6. The number of aliphatic carboxylic acids is 1. The van der Waals surface area contributed by atoms with Crippen LogP contribution in [0.3, 0.4) is 0 Å². The highest BCUT2D eigenvalue weighted by molar-refractivity contribution is 5.77. The molecule has 0 unspecified atom stereocenters. The smallest absolute Gasteiger partial charge is 0.410 e. The molecule has 0 aliphatic carbocycles. The summed E-state index contributed by atoms with van der Waals surface area (Å²) in [7, 11) is 0. The zero-order valence-electron chi connectivity index (χ0n) is 22.4. The van der Waals surface area contributed by atoms with Gasteiger partial charge in [0, 0.05) is 13.1 Å². The van der Waals surface area contributed by atoms with Gasteiger partial charge in [-0.1, -0.05) is 84.9 Å². The lowest BCUT2D eigenvalue weighted by Crippen LogP contribution is -2.46. The van der Waals surface area contributed by atoms with Crippen LogP contribution in [-0.4, -0.2) is 47.4 Å². The highest BCUT2D eigenvalue weighted by Gasteiger charge is 2.50. The lowest BCUT2D eigenvalue weighted by atomic mass is 9.71. The van der Waals surface area contributed by atoms with Gasteiger partial charge in [-0.15, -0.1) is 0 Å². The number of carboxylic acids is 1. The molecule has 3 aromatic carbocycles. The van der Waals surface area contributed by atoms with E-state index in [9.17, 15) is 14.7 Å². The lowest BCUT2D eigenvalue weighted by Gasteiger charge is -2.35. The van der Waals surface area contributed by atoms with Crippen molar-refractivity contribution >= 4 is 12.1 Å². The minimum absolute atomic E-state index is 0.0413. The van der Waals surface area contributed by atoms with Crippen molar-refractivity contribution in [3.63, 3.8) is 0 Å². The van der Waals surface area contributed by atoms with Crippen LogP contribution in [0.2, 0.25) is 0 Å². The van der Waals surface area contributed by atoms with Crippen LogP contribution in [0.1, 0.15) is 38.3 Å². The third-order valence-electron chi connectivity index (χ3n) is 7.07. The minimum atomic E-state index is -1.21. The molecule has 0 saturated carbocycles. The number of carboxylic acid groups (broad SMARTS) is 1. The average Bonchev–Trinajstić information content (AvgIpc) is 3.39. The third kappa shape index (κ3) is 6.81. The summed E-state index contributed by atoms with van der Waals surface area (Å²) in [6, 6.07) is 27.8. The maximum absolute atomic E-state index is 13.1. The summed E-state index contributed by atoms with van der Waals surface area (Å²) < 4.78 is 11.7. The van der Waals surface area contributed by atoms with E-state index >= 15 is 0 Å². The Hall–Kier alpha value is -3.64. The van der Waals surface area contributed by atoms with E-state index in [4.69, 9.17) is 9.47 Å². The number of rotatable bonds is 9. The molecule has 0 aromatic heterocycles. The van der Waals surface area contributed by atoms with E-state index in [-0.39, 0.29) is 12.5 Å². The molecule has 1 aliphatic heterocycles. The maximum Gasteiger partial charge on any atom is 0.410 e. The molecule has 1 amide bonds.